The fourth-order valence-electron chi connectivity index (χ4n) is 4.73. The normalized spacial score (nSPS) is 34.5. The minimum absolute atomic E-state index is 0.0470. The van der Waals surface area contributed by atoms with Crippen LogP contribution in [0.15, 0.2) is 0 Å². The second kappa shape index (κ2) is 6.03. The zero-order valence-corrected chi connectivity index (χ0v) is 14.6. The van der Waals surface area contributed by atoms with Gasteiger partial charge in [0.2, 0.25) is 0 Å². The summed E-state index contributed by atoms with van der Waals surface area (Å²) in [6, 6.07) is 0. The van der Waals surface area contributed by atoms with Gasteiger partial charge >= 0.3 is 0 Å². The molecule has 2 fully saturated rings. The van der Waals surface area contributed by atoms with Gasteiger partial charge in [-0.25, -0.2) is 0 Å². The van der Waals surface area contributed by atoms with Gasteiger partial charge in [0.1, 0.15) is 5.82 Å². The molecule has 0 amide bonds. The van der Waals surface area contributed by atoms with Crippen molar-refractivity contribution in [3.05, 3.63) is 11.3 Å². The number of hydrogen-bond donors (Lipinski definition) is 3. The summed E-state index contributed by atoms with van der Waals surface area (Å²) in [6.07, 6.45) is 6.91. The van der Waals surface area contributed by atoms with E-state index in [4.69, 9.17) is 5.73 Å². The number of anilines is 1. The van der Waals surface area contributed by atoms with E-state index in [1.54, 1.807) is 11.7 Å². The third-order valence-electron chi connectivity index (χ3n) is 5.57. The molecule has 0 radical (unpaired) electrons. The van der Waals surface area contributed by atoms with Crippen molar-refractivity contribution in [2.45, 2.75) is 37.1 Å². The van der Waals surface area contributed by atoms with E-state index in [0.29, 0.717) is 29.1 Å². The van der Waals surface area contributed by atoms with E-state index < -0.39 is 0 Å². The van der Waals surface area contributed by atoms with Crippen molar-refractivity contribution in [1.82, 2.24) is 15.3 Å². The Morgan fingerprint density at radius 2 is 2.13 bits per heavy atom. The minimum atomic E-state index is -0.184. The van der Waals surface area contributed by atoms with Crippen LogP contribution in [0.4, 0.5) is 5.82 Å². The molecule has 3 unspecified atom stereocenters. The van der Waals surface area contributed by atoms with Crippen LogP contribution >= 0.6 is 10.5 Å². The smallest absolute Gasteiger partial charge is 0.155 e. The average molecular weight is 338 g/mol. The van der Waals surface area contributed by atoms with Gasteiger partial charge in [0, 0.05) is 18.7 Å². The fraction of sp³-hybridized carbons (Fsp3) is 0.688. The number of nitrogens with zero attached hydrogens (tertiary/aromatic N) is 2. The van der Waals surface area contributed by atoms with Crippen molar-refractivity contribution in [2.75, 3.05) is 17.7 Å². The van der Waals surface area contributed by atoms with E-state index in [2.05, 4.69) is 22.7 Å². The van der Waals surface area contributed by atoms with Crippen molar-refractivity contribution in [3.8, 4) is 0 Å². The molecular weight excluding hydrogens is 312 g/mol. The topological polar surface area (TPSA) is 93.2 Å². The fourth-order valence-corrected chi connectivity index (χ4v) is 5.98. The first-order valence-electron chi connectivity index (χ1n) is 8.00. The molecule has 0 bridgehead atoms. The average Bonchev–Trinajstić information content (AvgIpc) is 3.09. The second-order valence-corrected chi connectivity index (χ2v) is 9.19. The van der Waals surface area contributed by atoms with E-state index in [-0.39, 0.29) is 16.0 Å². The van der Waals surface area contributed by atoms with Crippen LogP contribution in [0.2, 0.25) is 0 Å². The van der Waals surface area contributed by atoms with Gasteiger partial charge in [-0.05, 0) is 43.8 Å². The molecular formula is C16H26N4O2S. The van der Waals surface area contributed by atoms with Crippen LogP contribution in [0.1, 0.15) is 47.7 Å². The lowest BCUT2D eigenvalue weighted by atomic mass is 9.91. The third-order valence-corrected chi connectivity index (χ3v) is 6.62. The Balaban J connectivity index is 1.76. The number of nitrogen functional groups attached to an aromatic ring is 1. The summed E-state index contributed by atoms with van der Waals surface area (Å²) in [5.74, 6) is 6.88. The molecule has 0 spiro atoms. The lowest BCUT2D eigenvalue weighted by Gasteiger charge is -2.29. The molecule has 2 aliphatic rings. The van der Waals surface area contributed by atoms with Crippen LogP contribution in [-0.4, -0.2) is 44.7 Å². The molecule has 1 aromatic rings. The number of nitrogens with two attached hydrogens (primary N) is 1. The SMILES string of the molecule is C=S(C)CC1(NO)CC2CC(c3nn(C)c(N)c3C=O)CC2C1. The molecule has 6 nitrogen and oxygen atoms in total. The minimum Gasteiger partial charge on any atom is -0.383 e. The Hall–Kier alpha value is -1.18. The Kier molecular flexibility index (Phi) is 4.37. The molecule has 23 heavy (non-hydrogen) atoms. The summed E-state index contributed by atoms with van der Waals surface area (Å²) >= 11 is 0. The monoisotopic (exact) mass is 338 g/mol. The molecule has 7 heteroatoms. The Bertz CT molecular complexity index is 628. The van der Waals surface area contributed by atoms with Crippen molar-refractivity contribution >= 4 is 28.5 Å². The van der Waals surface area contributed by atoms with E-state index in [0.717, 1.165) is 43.4 Å². The molecule has 0 aliphatic heterocycles. The molecule has 3 rings (SSSR count). The van der Waals surface area contributed by atoms with E-state index in [1.165, 1.54) is 0 Å². The van der Waals surface area contributed by atoms with Gasteiger partial charge in [-0.15, -0.1) is 0 Å². The number of carbonyl (C=O) groups is 1. The van der Waals surface area contributed by atoms with Gasteiger partial charge < -0.3 is 10.9 Å². The summed E-state index contributed by atoms with van der Waals surface area (Å²) in [7, 11) is 1.82. The maximum Gasteiger partial charge on any atom is 0.155 e. The van der Waals surface area contributed by atoms with Gasteiger partial charge in [0.05, 0.1) is 16.8 Å². The van der Waals surface area contributed by atoms with E-state index in [1.807, 2.05) is 0 Å². The van der Waals surface area contributed by atoms with E-state index >= 15 is 0 Å². The Morgan fingerprint density at radius 1 is 1.52 bits per heavy atom. The number of nitrogens with one attached hydrogen (secondary N) is 1. The highest BCUT2D eigenvalue weighted by atomic mass is 32.2. The van der Waals surface area contributed by atoms with Crippen LogP contribution in [0.5, 0.6) is 0 Å². The number of aryl methyl sites for hydroxylation is 1. The van der Waals surface area contributed by atoms with Gasteiger partial charge in [-0.3, -0.25) is 9.48 Å². The van der Waals surface area contributed by atoms with Crippen molar-refractivity contribution < 1.29 is 10.0 Å². The Morgan fingerprint density at radius 3 is 2.61 bits per heavy atom. The lowest BCUT2D eigenvalue weighted by molar-refractivity contribution is 0.0722. The summed E-state index contributed by atoms with van der Waals surface area (Å²) < 4.78 is 1.60. The predicted octanol–water partition coefficient (Wildman–Crippen LogP) is 1.77. The zero-order valence-electron chi connectivity index (χ0n) is 13.8. The molecule has 128 valence electrons. The number of fused-ring (bicyclic) bond motifs is 1. The van der Waals surface area contributed by atoms with E-state index in [9.17, 15) is 10.0 Å². The molecule has 0 saturated heterocycles. The molecule has 2 saturated carbocycles. The lowest BCUT2D eigenvalue weighted by Crippen LogP contribution is -2.44. The maximum atomic E-state index is 11.4. The van der Waals surface area contributed by atoms with Crippen molar-refractivity contribution in [1.29, 1.82) is 0 Å². The first-order chi connectivity index (χ1) is 10.9. The maximum absolute atomic E-state index is 11.4. The number of aldehydes is 1. The number of hydroxylamine groups is 1. The van der Waals surface area contributed by atoms with Gasteiger partial charge in [-0.2, -0.15) is 21.1 Å². The summed E-state index contributed by atoms with van der Waals surface area (Å²) in [5.41, 5.74) is 9.76. The van der Waals surface area contributed by atoms with Crippen LogP contribution in [0.25, 0.3) is 0 Å². The number of carbonyl (C=O) groups excluding carboxylic acids is 1. The zero-order chi connectivity index (χ0) is 16.8. The summed E-state index contributed by atoms with van der Waals surface area (Å²) in [5, 5.41) is 14.2. The molecule has 1 heterocycles. The van der Waals surface area contributed by atoms with Gasteiger partial charge in [0.15, 0.2) is 6.29 Å². The van der Waals surface area contributed by atoms with Crippen LogP contribution in [-0.2, 0) is 7.05 Å². The molecule has 4 N–H and O–H groups in total. The summed E-state index contributed by atoms with van der Waals surface area (Å²) in [4.78, 5) is 11.4. The highest BCUT2D eigenvalue weighted by Crippen LogP contribution is 2.54. The van der Waals surface area contributed by atoms with Crippen LogP contribution in [0.3, 0.4) is 0 Å². The quantitative estimate of drug-likeness (QED) is 0.432. The summed E-state index contributed by atoms with van der Waals surface area (Å²) in [6.45, 7) is 0. The first kappa shape index (κ1) is 16.7. The Labute approximate surface area is 139 Å². The predicted molar refractivity (Wildman–Crippen MR) is 94.4 cm³/mol. The molecule has 0 aromatic carbocycles. The van der Waals surface area contributed by atoms with Crippen molar-refractivity contribution in [3.63, 3.8) is 0 Å². The standard InChI is InChI=1S/C16H26N4O2S/c1-20-15(17)13(8-21)14(18-20)10-4-11-6-16(19-22,9-23(2)3)7-12(11)5-10/h8,10-12,19,22H,2,4-7,9,17H2,1,3H3. The number of hydrogen-bond acceptors (Lipinski definition) is 5. The third kappa shape index (κ3) is 2.86. The van der Waals surface area contributed by atoms with Crippen molar-refractivity contribution in [2.24, 2.45) is 18.9 Å². The molecule has 1 aromatic heterocycles. The van der Waals surface area contributed by atoms with Gasteiger partial charge in [-0.1, -0.05) is 5.87 Å². The van der Waals surface area contributed by atoms with Gasteiger partial charge in [0.25, 0.3) is 0 Å². The largest absolute Gasteiger partial charge is 0.383 e. The van der Waals surface area contributed by atoms with Crippen LogP contribution in [0, 0.1) is 11.8 Å². The number of aromatic nitrogens is 2. The highest BCUT2D eigenvalue weighted by molar-refractivity contribution is 8.13. The first-order valence-corrected chi connectivity index (χ1v) is 9.97. The second-order valence-electron chi connectivity index (χ2n) is 7.34. The number of rotatable bonds is 5. The molecule has 2 aliphatic carbocycles. The van der Waals surface area contributed by atoms with Crippen LogP contribution < -0.4 is 11.2 Å². The highest BCUT2D eigenvalue weighted by Gasteiger charge is 2.50. The molecule has 3 atom stereocenters.